The fraction of sp³-hybridized carbons (Fsp3) is 0.538. The fourth-order valence-corrected chi connectivity index (χ4v) is 1.83. The average Bonchev–Trinajstić information content (AvgIpc) is 2.35. The summed E-state index contributed by atoms with van der Waals surface area (Å²) in [5.41, 5.74) is 0.883. The molecule has 0 aliphatic heterocycles. The number of aliphatic carboxylic acids is 1. The maximum absolute atomic E-state index is 10.7. The van der Waals surface area contributed by atoms with Gasteiger partial charge in [0.2, 0.25) is 5.88 Å². The van der Waals surface area contributed by atoms with Crippen molar-refractivity contribution in [1.29, 1.82) is 0 Å². The van der Waals surface area contributed by atoms with Gasteiger partial charge in [-0.3, -0.25) is 9.69 Å². The molecular formula is C13H20N2O3. The van der Waals surface area contributed by atoms with Crippen molar-refractivity contribution >= 4 is 5.97 Å². The maximum Gasteiger partial charge on any atom is 0.304 e. The van der Waals surface area contributed by atoms with Crippen LogP contribution in [0.1, 0.15) is 26.0 Å². The number of carbonyl (C=O) groups is 1. The van der Waals surface area contributed by atoms with Crippen LogP contribution in [-0.2, 0) is 11.3 Å². The van der Waals surface area contributed by atoms with E-state index < -0.39 is 5.97 Å². The summed E-state index contributed by atoms with van der Waals surface area (Å²) in [6.07, 6.45) is 0.137. The molecule has 0 spiro atoms. The number of rotatable bonds is 7. The topological polar surface area (TPSA) is 62.7 Å². The lowest BCUT2D eigenvalue weighted by Crippen LogP contribution is -2.34. The first kappa shape index (κ1) is 14.4. The summed E-state index contributed by atoms with van der Waals surface area (Å²) < 4.78 is 5.07. The van der Waals surface area contributed by atoms with Gasteiger partial charge in [0.1, 0.15) is 0 Å². The van der Waals surface area contributed by atoms with Gasteiger partial charge in [-0.1, -0.05) is 13.0 Å². The van der Waals surface area contributed by atoms with Gasteiger partial charge in [-0.15, -0.1) is 0 Å². The van der Waals surface area contributed by atoms with Crippen molar-refractivity contribution in [3.63, 3.8) is 0 Å². The quantitative estimate of drug-likeness (QED) is 0.801. The van der Waals surface area contributed by atoms with Gasteiger partial charge in [-0.25, -0.2) is 4.98 Å². The van der Waals surface area contributed by atoms with Gasteiger partial charge in [-0.2, -0.15) is 0 Å². The summed E-state index contributed by atoms with van der Waals surface area (Å²) in [6, 6.07) is 5.58. The molecule has 0 fully saturated rings. The van der Waals surface area contributed by atoms with Gasteiger partial charge < -0.3 is 9.84 Å². The number of ether oxygens (including phenoxy) is 1. The van der Waals surface area contributed by atoms with Crippen LogP contribution in [0.25, 0.3) is 0 Å². The molecule has 5 heteroatoms. The summed E-state index contributed by atoms with van der Waals surface area (Å²) in [6.45, 7) is 5.34. The number of methoxy groups -OCH3 is 1. The predicted octanol–water partition coefficient (Wildman–Crippen LogP) is 1.78. The Labute approximate surface area is 107 Å². The second-order valence-corrected chi connectivity index (χ2v) is 4.18. The third-order valence-corrected chi connectivity index (χ3v) is 2.86. The summed E-state index contributed by atoms with van der Waals surface area (Å²) in [5.74, 6) is -0.200. The summed E-state index contributed by atoms with van der Waals surface area (Å²) in [5, 5.41) is 8.81. The molecular weight excluding hydrogens is 232 g/mol. The molecule has 5 nitrogen and oxygen atoms in total. The molecule has 18 heavy (non-hydrogen) atoms. The van der Waals surface area contributed by atoms with E-state index in [4.69, 9.17) is 9.84 Å². The van der Waals surface area contributed by atoms with Crippen molar-refractivity contribution in [2.24, 2.45) is 0 Å². The van der Waals surface area contributed by atoms with E-state index in [-0.39, 0.29) is 12.5 Å². The molecule has 0 aromatic carbocycles. The van der Waals surface area contributed by atoms with E-state index in [0.29, 0.717) is 12.4 Å². The fourth-order valence-electron chi connectivity index (χ4n) is 1.83. The standard InChI is InChI=1S/C13H20N2O3/c1-4-15(10(2)8-13(16)17)9-11-6-5-7-12(14-11)18-3/h5-7,10H,4,8-9H2,1-3H3,(H,16,17). The highest BCUT2D eigenvalue weighted by Gasteiger charge is 2.16. The van der Waals surface area contributed by atoms with E-state index in [1.54, 1.807) is 13.2 Å². The smallest absolute Gasteiger partial charge is 0.304 e. The molecule has 100 valence electrons. The van der Waals surface area contributed by atoms with Gasteiger partial charge >= 0.3 is 5.97 Å². The Balaban J connectivity index is 2.69. The highest BCUT2D eigenvalue weighted by atomic mass is 16.5. The number of aromatic nitrogens is 1. The molecule has 1 aromatic rings. The van der Waals surface area contributed by atoms with Gasteiger partial charge in [0, 0.05) is 18.7 Å². The first-order chi connectivity index (χ1) is 8.56. The second-order valence-electron chi connectivity index (χ2n) is 4.18. The van der Waals surface area contributed by atoms with Crippen LogP contribution in [0.4, 0.5) is 0 Å². The van der Waals surface area contributed by atoms with E-state index in [0.717, 1.165) is 12.2 Å². The number of hydrogen-bond acceptors (Lipinski definition) is 4. The third kappa shape index (κ3) is 4.33. The second kappa shape index (κ2) is 6.96. The molecule has 1 heterocycles. The van der Waals surface area contributed by atoms with Crippen LogP contribution in [0.5, 0.6) is 5.88 Å². The molecule has 1 atom stereocenters. The van der Waals surface area contributed by atoms with Gasteiger partial charge in [0.25, 0.3) is 0 Å². The highest BCUT2D eigenvalue weighted by molar-refractivity contribution is 5.67. The van der Waals surface area contributed by atoms with Crippen LogP contribution in [0.15, 0.2) is 18.2 Å². The Morgan fingerprint density at radius 3 is 2.83 bits per heavy atom. The maximum atomic E-state index is 10.7. The Bertz CT molecular complexity index is 396. The first-order valence-electron chi connectivity index (χ1n) is 6.02. The van der Waals surface area contributed by atoms with Crippen molar-refractivity contribution in [1.82, 2.24) is 9.88 Å². The lowest BCUT2D eigenvalue weighted by atomic mass is 10.2. The number of carboxylic acid groups (broad SMARTS) is 1. The van der Waals surface area contributed by atoms with Crippen LogP contribution in [0.3, 0.4) is 0 Å². The van der Waals surface area contributed by atoms with Gasteiger partial charge in [-0.05, 0) is 19.5 Å². The Kier molecular flexibility index (Phi) is 5.58. The van der Waals surface area contributed by atoms with Crippen LogP contribution in [-0.4, -0.2) is 40.7 Å². The average molecular weight is 252 g/mol. The Morgan fingerprint density at radius 1 is 1.56 bits per heavy atom. The molecule has 0 radical (unpaired) electrons. The molecule has 0 amide bonds. The molecule has 1 rings (SSSR count). The van der Waals surface area contributed by atoms with Crippen molar-refractivity contribution in [2.45, 2.75) is 32.9 Å². The molecule has 1 N–H and O–H groups in total. The summed E-state index contributed by atoms with van der Waals surface area (Å²) >= 11 is 0. The minimum Gasteiger partial charge on any atom is -0.481 e. The minimum atomic E-state index is -0.778. The highest BCUT2D eigenvalue weighted by Crippen LogP contribution is 2.12. The summed E-state index contributed by atoms with van der Waals surface area (Å²) in [7, 11) is 1.58. The van der Waals surface area contributed by atoms with Crippen molar-refractivity contribution in [3.05, 3.63) is 23.9 Å². The first-order valence-corrected chi connectivity index (χ1v) is 6.02. The van der Waals surface area contributed by atoms with E-state index in [1.807, 2.05) is 26.0 Å². The van der Waals surface area contributed by atoms with E-state index in [9.17, 15) is 4.79 Å². The summed E-state index contributed by atoms with van der Waals surface area (Å²) in [4.78, 5) is 17.1. The number of pyridine rings is 1. The number of carboxylic acids is 1. The van der Waals surface area contributed by atoms with Gasteiger partial charge in [0.05, 0.1) is 19.2 Å². The van der Waals surface area contributed by atoms with Crippen molar-refractivity contribution in [3.8, 4) is 5.88 Å². The molecule has 0 saturated heterocycles. The molecule has 1 unspecified atom stereocenters. The lowest BCUT2D eigenvalue weighted by molar-refractivity contribution is -0.138. The van der Waals surface area contributed by atoms with Crippen LogP contribution in [0, 0.1) is 0 Å². The van der Waals surface area contributed by atoms with Crippen molar-refractivity contribution in [2.75, 3.05) is 13.7 Å². The minimum absolute atomic E-state index is 0.0134. The van der Waals surface area contributed by atoms with E-state index >= 15 is 0 Å². The van der Waals surface area contributed by atoms with Crippen LogP contribution in [0.2, 0.25) is 0 Å². The van der Waals surface area contributed by atoms with Crippen molar-refractivity contribution < 1.29 is 14.6 Å². The SMILES string of the molecule is CCN(Cc1cccc(OC)n1)C(C)CC(=O)O. The van der Waals surface area contributed by atoms with Crippen LogP contribution < -0.4 is 4.74 Å². The molecule has 0 aliphatic rings. The molecule has 0 saturated carbocycles. The zero-order valence-corrected chi connectivity index (χ0v) is 11.1. The van der Waals surface area contributed by atoms with E-state index in [2.05, 4.69) is 9.88 Å². The monoisotopic (exact) mass is 252 g/mol. The molecule has 0 bridgehead atoms. The predicted molar refractivity (Wildman–Crippen MR) is 68.6 cm³/mol. The molecule has 1 aromatic heterocycles. The largest absolute Gasteiger partial charge is 0.481 e. The zero-order valence-electron chi connectivity index (χ0n) is 11.1. The molecule has 0 aliphatic carbocycles. The number of hydrogen-bond donors (Lipinski definition) is 1. The zero-order chi connectivity index (χ0) is 13.5. The van der Waals surface area contributed by atoms with Crippen LogP contribution >= 0.6 is 0 Å². The Morgan fingerprint density at radius 2 is 2.28 bits per heavy atom. The normalized spacial score (nSPS) is 12.4. The Hall–Kier alpha value is -1.62. The third-order valence-electron chi connectivity index (χ3n) is 2.86. The lowest BCUT2D eigenvalue weighted by Gasteiger charge is -2.26. The number of nitrogens with zero attached hydrogens (tertiary/aromatic N) is 2. The van der Waals surface area contributed by atoms with Gasteiger partial charge in [0.15, 0.2) is 0 Å². The van der Waals surface area contributed by atoms with E-state index in [1.165, 1.54) is 0 Å².